The molecule has 1 N–H and O–H groups in total. The first kappa shape index (κ1) is 26.8. The Balaban J connectivity index is 2.05. The average Bonchev–Trinajstić information content (AvgIpc) is 2.75. The maximum atomic E-state index is 12.7. The Labute approximate surface area is 201 Å². The van der Waals surface area contributed by atoms with Crippen LogP contribution in [0, 0.1) is 5.41 Å². The van der Waals surface area contributed by atoms with E-state index < -0.39 is 29.5 Å². The van der Waals surface area contributed by atoms with Crippen LogP contribution in [0.25, 0.3) is 0 Å². The molecule has 34 heavy (non-hydrogen) atoms. The minimum absolute atomic E-state index is 0.0122. The summed E-state index contributed by atoms with van der Waals surface area (Å²) in [4.78, 5) is 41.2. The molecular weight excluding hydrogens is 436 g/mol. The Morgan fingerprint density at radius 2 is 1.71 bits per heavy atom. The lowest BCUT2D eigenvalue weighted by atomic mass is 9.88. The number of hydrogen-bond acceptors (Lipinski definition) is 7. The van der Waals surface area contributed by atoms with E-state index in [1.54, 1.807) is 51.1 Å². The zero-order valence-corrected chi connectivity index (χ0v) is 20.9. The topological polar surface area (TPSA) is 104 Å². The SMILES string of the molecule is COC(=O)[C@@H](CCC(C)(C)C)NC(=O)c1ccc(Oc2cccc(C(=O)OC(C)(C)C)c2)nc1. The van der Waals surface area contributed by atoms with Crippen LogP contribution >= 0.6 is 0 Å². The van der Waals surface area contributed by atoms with Gasteiger partial charge >= 0.3 is 11.9 Å². The van der Waals surface area contributed by atoms with Crippen LogP contribution in [0.15, 0.2) is 42.6 Å². The molecule has 8 heteroatoms. The molecule has 0 radical (unpaired) electrons. The summed E-state index contributed by atoms with van der Waals surface area (Å²) >= 11 is 0. The number of pyridine rings is 1. The van der Waals surface area contributed by atoms with E-state index in [1.807, 2.05) is 0 Å². The molecule has 0 aliphatic rings. The van der Waals surface area contributed by atoms with Crippen molar-refractivity contribution in [2.75, 3.05) is 7.11 Å². The molecule has 0 bridgehead atoms. The second-order valence-electron chi connectivity index (χ2n) is 10.2. The summed E-state index contributed by atoms with van der Waals surface area (Å²) in [7, 11) is 1.30. The summed E-state index contributed by atoms with van der Waals surface area (Å²) < 4.78 is 15.9. The summed E-state index contributed by atoms with van der Waals surface area (Å²) in [6.07, 6.45) is 2.56. The largest absolute Gasteiger partial charge is 0.467 e. The van der Waals surface area contributed by atoms with Gasteiger partial charge in [-0.2, -0.15) is 0 Å². The second-order valence-corrected chi connectivity index (χ2v) is 10.2. The summed E-state index contributed by atoms with van der Waals surface area (Å²) in [5, 5.41) is 2.72. The van der Waals surface area contributed by atoms with Gasteiger partial charge in [0, 0.05) is 12.3 Å². The summed E-state index contributed by atoms with van der Waals surface area (Å²) in [6, 6.07) is 8.91. The third-order valence-corrected chi connectivity index (χ3v) is 4.66. The molecule has 1 atom stereocenters. The van der Waals surface area contributed by atoms with E-state index in [0.717, 1.165) is 6.42 Å². The van der Waals surface area contributed by atoms with Crippen molar-refractivity contribution in [1.82, 2.24) is 10.3 Å². The van der Waals surface area contributed by atoms with Gasteiger partial charge in [-0.05, 0) is 63.3 Å². The molecule has 1 heterocycles. The number of benzene rings is 1. The number of hydrogen-bond donors (Lipinski definition) is 1. The Kier molecular flexibility index (Phi) is 8.79. The van der Waals surface area contributed by atoms with Crippen molar-refractivity contribution in [2.45, 2.75) is 66.0 Å². The zero-order valence-electron chi connectivity index (χ0n) is 20.9. The molecule has 0 unspecified atom stereocenters. The van der Waals surface area contributed by atoms with Crippen LogP contribution in [0.3, 0.4) is 0 Å². The number of carbonyl (C=O) groups excluding carboxylic acids is 3. The van der Waals surface area contributed by atoms with Gasteiger partial charge in [0.25, 0.3) is 5.91 Å². The number of ether oxygens (including phenoxy) is 3. The molecule has 0 aliphatic heterocycles. The second kappa shape index (κ2) is 11.1. The van der Waals surface area contributed by atoms with Crippen molar-refractivity contribution in [3.8, 4) is 11.6 Å². The fraction of sp³-hybridized carbons (Fsp3) is 0.462. The molecule has 0 saturated carbocycles. The molecule has 0 spiro atoms. The number of amides is 1. The highest BCUT2D eigenvalue weighted by molar-refractivity contribution is 5.96. The first-order valence-electron chi connectivity index (χ1n) is 11.1. The molecule has 1 aromatic heterocycles. The first-order chi connectivity index (χ1) is 15.8. The average molecular weight is 471 g/mol. The van der Waals surface area contributed by atoms with Crippen LogP contribution in [0.5, 0.6) is 11.6 Å². The van der Waals surface area contributed by atoms with Crippen LogP contribution in [0.2, 0.25) is 0 Å². The molecule has 8 nitrogen and oxygen atoms in total. The molecule has 184 valence electrons. The van der Waals surface area contributed by atoms with E-state index in [0.29, 0.717) is 17.7 Å². The van der Waals surface area contributed by atoms with Crippen LogP contribution < -0.4 is 10.1 Å². The molecule has 0 fully saturated rings. The molecular formula is C26H34N2O6. The Bertz CT molecular complexity index is 1000. The Hall–Kier alpha value is -3.42. The van der Waals surface area contributed by atoms with Crippen molar-refractivity contribution in [1.29, 1.82) is 0 Å². The lowest BCUT2D eigenvalue weighted by molar-refractivity contribution is -0.143. The Morgan fingerprint density at radius 1 is 1.00 bits per heavy atom. The Morgan fingerprint density at radius 3 is 2.26 bits per heavy atom. The molecule has 1 amide bonds. The van der Waals surface area contributed by atoms with Gasteiger partial charge < -0.3 is 19.5 Å². The number of nitrogens with zero attached hydrogens (tertiary/aromatic N) is 1. The fourth-order valence-corrected chi connectivity index (χ4v) is 2.93. The summed E-state index contributed by atoms with van der Waals surface area (Å²) in [5.74, 6) is -0.730. The molecule has 2 aromatic rings. The molecule has 0 aliphatic carbocycles. The van der Waals surface area contributed by atoms with Crippen molar-refractivity contribution in [3.63, 3.8) is 0 Å². The maximum absolute atomic E-state index is 12.7. The smallest absolute Gasteiger partial charge is 0.338 e. The van der Waals surface area contributed by atoms with Crippen molar-refractivity contribution < 1.29 is 28.6 Å². The zero-order chi connectivity index (χ0) is 25.5. The highest BCUT2D eigenvalue weighted by Crippen LogP contribution is 2.23. The van der Waals surface area contributed by atoms with E-state index in [4.69, 9.17) is 14.2 Å². The standard InChI is InChI=1S/C26H34N2O6/c1-25(2,3)14-13-20(24(31)32-7)28-22(29)18-11-12-21(27-16-18)33-19-10-8-9-17(15-19)23(30)34-26(4,5)6/h8-12,15-16,20H,13-14H2,1-7H3,(H,28,29)/t20-/m1/s1. The fourth-order valence-electron chi connectivity index (χ4n) is 2.93. The summed E-state index contributed by atoms with van der Waals surface area (Å²) in [5.41, 5.74) is 0.0381. The minimum atomic E-state index is -0.747. The monoisotopic (exact) mass is 470 g/mol. The van der Waals surface area contributed by atoms with E-state index in [1.165, 1.54) is 19.4 Å². The van der Waals surface area contributed by atoms with Gasteiger partial charge in [-0.1, -0.05) is 26.8 Å². The quantitative estimate of drug-likeness (QED) is 0.546. The normalized spacial score (nSPS) is 12.4. The van der Waals surface area contributed by atoms with Crippen LogP contribution in [-0.4, -0.2) is 41.6 Å². The maximum Gasteiger partial charge on any atom is 0.338 e. The third-order valence-electron chi connectivity index (χ3n) is 4.66. The van der Waals surface area contributed by atoms with Gasteiger partial charge in [0.1, 0.15) is 17.4 Å². The lowest BCUT2D eigenvalue weighted by Gasteiger charge is -2.22. The van der Waals surface area contributed by atoms with Crippen molar-refractivity contribution in [2.24, 2.45) is 5.41 Å². The third kappa shape index (κ3) is 8.84. The molecule has 0 saturated heterocycles. The highest BCUT2D eigenvalue weighted by atomic mass is 16.6. The summed E-state index contributed by atoms with van der Waals surface area (Å²) in [6.45, 7) is 11.6. The van der Waals surface area contributed by atoms with Gasteiger partial charge in [-0.15, -0.1) is 0 Å². The number of nitrogens with one attached hydrogen (secondary N) is 1. The van der Waals surface area contributed by atoms with Gasteiger partial charge in [-0.25, -0.2) is 14.6 Å². The van der Waals surface area contributed by atoms with E-state index in [2.05, 4.69) is 31.1 Å². The van der Waals surface area contributed by atoms with Crippen LogP contribution in [-0.2, 0) is 14.3 Å². The van der Waals surface area contributed by atoms with Crippen LogP contribution in [0.4, 0.5) is 0 Å². The molecule has 2 rings (SSSR count). The highest BCUT2D eigenvalue weighted by Gasteiger charge is 2.24. The van der Waals surface area contributed by atoms with Gasteiger partial charge in [-0.3, -0.25) is 4.79 Å². The number of aromatic nitrogens is 1. The van der Waals surface area contributed by atoms with Crippen LogP contribution in [0.1, 0.15) is 75.1 Å². The van der Waals surface area contributed by atoms with Gasteiger partial charge in [0.05, 0.1) is 18.2 Å². The number of carbonyl (C=O) groups is 3. The lowest BCUT2D eigenvalue weighted by Crippen LogP contribution is -2.42. The van der Waals surface area contributed by atoms with E-state index >= 15 is 0 Å². The molecule has 1 aromatic carbocycles. The number of methoxy groups -OCH3 is 1. The van der Waals surface area contributed by atoms with Crippen molar-refractivity contribution >= 4 is 17.8 Å². The van der Waals surface area contributed by atoms with E-state index in [9.17, 15) is 14.4 Å². The predicted molar refractivity (Wildman–Crippen MR) is 128 cm³/mol. The predicted octanol–water partition coefficient (Wildman–Crippen LogP) is 4.93. The van der Waals surface area contributed by atoms with E-state index in [-0.39, 0.29) is 16.9 Å². The number of esters is 2. The number of rotatable bonds is 8. The minimum Gasteiger partial charge on any atom is -0.467 e. The first-order valence-corrected chi connectivity index (χ1v) is 11.1. The van der Waals surface area contributed by atoms with Gasteiger partial charge in [0.15, 0.2) is 0 Å². The van der Waals surface area contributed by atoms with Crippen molar-refractivity contribution in [3.05, 3.63) is 53.7 Å². The van der Waals surface area contributed by atoms with Gasteiger partial charge in [0.2, 0.25) is 5.88 Å².